The number of fused-ring (bicyclic) bond motifs is 1. The van der Waals surface area contributed by atoms with Crippen LogP contribution in [-0.4, -0.2) is 46.2 Å². The zero-order chi connectivity index (χ0) is 14.2. The molecule has 0 spiro atoms. The summed E-state index contributed by atoms with van der Waals surface area (Å²) in [6.45, 7) is 0.0423. The molecule has 19 heavy (non-hydrogen) atoms. The number of sulfonamides is 1. The van der Waals surface area contributed by atoms with Crippen molar-refractivity contribution in [3.05, 3.63) is 22.7 Å². The van der Waals surface area contributed by atoms with Crippen molar-refractivity contribution in [2.45, 2.75) is 4.90 Å². The van der Waals surface area contributed by atoms with Crippen LogP contribution >= 0.6 is 15.9 Å². The Labute approximate surface area is 119 Å². The van der Waals surface area contributed by atoms with E-state index < -0.39 is 10.0 Å². The average molecular weight is 346 g/mol. The van der Waals surface area contributed by atoms with Crippen molar-refractivity contribution in [3.63, 3.8) is 0 Å². The van der Waals surface area contributed by atoms with Crippen LogP contribution in [0.15, 0.2) is 32.0 Å². The van der Waals surface area contributed by atoms with Crippen LogP contribution in [0.2, 0.25) is 0 Å². The Morgan fingerprint density at radius 3 is 2.74 bits per heavy atom. The molecule has 6 nitrogen and oxygen atoms in total. The molecular formula is C11H12BrN3O3S. The molecule has 1 heterocycles. The van der Waals surface area contributed by atoms with Crippen LogP contribution in [0.1, 0.15) is 0 Å². The van der Waals surface area contributed by atoms with Gasteiger partial charge in [0.05, 0.1) is 5.69 Å². The van der Waals surface area contributed by atoms with E-state index in [9.17, 15) is 13.2 Å². The Balaban J connectivity index is 2.44. The Kier molecular flexibility index (Phi) is 3.64. The molecule has 0 N–H and O–H groups in total. The number of anilines is 1. The summed E-state index contributed by atoms with van der Waals surface area (Å²) in [6, 6.07) is 4.85. The summed E-state index contributed by atoms with van der Waals surface area (Å²) in [6.07, 6.45) is 1.17. The Hall–Kier alpha value is -1.41. The highest BCUT2D eigenvalue weighted by Crippen LogP contribution is 2.31. The third kappa shape index (κ3) is 2.79. The van der Waals surface area contributed by atoms with E-state index in [0.717, 1.165) is 0 Å². The van der Waals surface area contributed by atoms with Crippen LogP contribution in [-0.2, 0) is 14.8 Å². The van der Waals surface area contributed by atoms with Crippen LogP contribution in [0.5, 0.6) is 0 Å². The standard InChI is InChI=1S/C11H12BrN3O3S/c1-14(2)11(16)6-15-7-13-19(17,18)10-5-8(12)3-4-9(10)15/h3-5,7H,6H2,1-2H3. The predicted molar refractivity (Wildman–Crippen MR) is 75.9 cm³/mol. The molecule has 0 atom stereocenters. The molecule has 102 valence electrons. The number of likely N-dealkylation sites (N-methyl/N-ethyl adjacent to an activating group) is 1. The second-order valence-corrected chi connectivity index (χ2v) is 6.74. The van der Waals surface area contributed by atoms with Gasteiger partial charge in [0, 0.05) is 18.6 Å². The molecule has 0 aliphatic carbocycles. The van der Waals surface area contributed by atoms with E-state index in [2.05, 4.69) is 20.3 Å². The first-order chi connectivity index (χ1) is 8.81. The maximum Gasteiger partial charge on any atom is 0.285 e. The molecule has 0 radical (unpaired) electrons. The van der Waals surface area contributed by atoms with Crippen LogP contribution < -0.4 is 4.90 Å². The minimum absolute atomic E-state index is 0.0423. The molecule has 0 unspecified atom stereocenters. The van der Waals surface area contributed by atoms with Crippen molar-refractivity contribution in [2.24, 2.45) is 4.40 Å². The lowest BCUT2D eigenvalue weighted by Crippen LogP contribution is -2.38. The smallest absolute Gasteiger partial charge is 0.285 e. The Morgan fingerprint density at radius 1 is 1.42 bits per heavy atom. The number of benzene rings is 1. The first-order valence-electron chi connectivity index (χ1n) is 5.38. The van der Waals surface area contributed by atoms with E-state index >= 15 is 0 Å². The largest absolute Gasteiger partial charge is 0.347 e. The van der Waals surface area contributed by atoms with Crippen molar-refractivity contribution in [2.75, 3.05) is 25.5 Å². The number of halogens is 1. The van der Waals surface area contributed by atoms with Gasteiger partial charge in [-0.15, -0.1) is 4.40 Å². The fourth-order valence-corrected chi connectivity index (χ4v) is 3.17. The molecule has 1 aliphatic heterocycles. The van der Waals surface area contributed by atoms with Crippen molar-refractivity contribution >= 4 is 43.9 Å². The van der Waals surface area contributed by atoms with E-state index in [-0.39, 0.29) is 17.3 Å². The SMILES string of the molecule is CN(C)C(=O)CN1C=NS(=O)(=O)c2cc(Br)ccc21. The number of carbonyl (C=O) groups excluding carboxylic acids is 1. The van der Waals surface area contributed by atoms with Gasteiger partial charge < -0.3 is 9.80 Å². The number of hydrogen-bond acceptors (Lipinski definition) is 4. The van der Waals surface area contributed by atoms with Gasteiger partial charge in [-0.05, 0) is 18.2 Å². The van der Waals surface area contributed by atoms with Gasteiger partial charge in [-0.3, -0.25) is 4.79 Å². The number of amides is 1. The Morgan fingerprint density at radius 2 is 2.11 bits per heavy atom. The lowest BCUT2D eigenvalue weighted by Gasteiger charge is -2.25. The molecular weight excluding hydrogens is 334 g/mol. The minimum Gasteiger partial charge on any atom is -0.347 e. The second kappa shape index (κ2) is 4.93. The predicted octanol–water partition coefficient (Wildman–Crippen LogP) is 1.07. The van der Waals surface area contributed by atoms with Crippen LogP contribution in [0.25, 0.3) is 0 Å². The Bertz CT molecular complexity index is 655. The van der Waals surface area contributed by atoms with Gasteiger partial charge in [0.2, 0.25) is 5.91 Å². The highest BCUT2D eigenvalue weighted by molar-refractivity contribution is 9.10. The zero-order valence-electron chi connectivity index (χ0n) is 10.4. The fourth-order valence-electron chi connectivity index (χ4n) is 1.58. The first kappa shape index (κ1) is 14.0. The highest BCUT2D eigenvalue weighted by Gasteiger charge is 2.26. The third-order valence-corrected chi connectivity index (χ3v) is 4.39. The van der Waals surface area contributed by atoms with Gasteiger partial charge in [0.1, 0.15) is 17.8 Å². The molecule has 8 heteroatoms. The van der Waals surface area contributed by atoms with Crippen molar-refractivity contribution < 1.29 is 13.2 Å². The summed E-state index contributed by atoms with van der Waals surface area (Å²) in [5, 5.41) is 0. The van der Waals surface area contributed by atoms with Crippen molar-refractivity contribution in [3.8, 4) is 0 Å². The third-order valence-electron chi connectivity index (χ3n) is 2.64. The van der Waals surface area contributed by atoms with E-state index in [4.69, 9.17) is 0 Å². The van der Waals surface area contributed by atoms with Crippen LogP contribution in [0.4, 0.5) is 5.69 Å². The number of carbonyl (C=O) groups is 1. The monoisotopic (exact) mass is 345 g/mol. The molecule has 0 saturated carbocycles. The van der Waals surface area contributed by atoms with Gasteiger partial charge in [-0.25, -0.2) is 0 Å². The van der Waals surface area contributed by atoms with Gasteiger partial charge in [0.25, 0.3) is 10.0 Å². The van der Waals surface area contributed by atoms with Gasteiger partial charge in [0.15, 0.2) is 0 Å². The molecule has 0 fully saturated rings. The molecule has 0 bridgehead atoms. The van der Waals surface area contributed by atoms with E-state index in [1.807, 2.05) is 0 Å². The lowest BCUT2D eigenvalue weighted by molar-refractivity contribution is -0.127. The summed E-state index contributed by atoms with van der Waals surface area (Å²) in [7, 11) is -0.398. The molecule has 1 aromatic carbocycles. The summed E-state index contributed by atoms with van der Waals surface area (Å²) >= 11 is 3.23. The lowest BCUT2D eigenvalue weighted by atomic mass is 10.3. The van der Waals surface area contributed by atoms with Gasteiger partial charge in [-0.1, -0.05) is 15.9 Å². The minimum atomic E-state index is -3.68. The summed E-state index contributed by atoms with van der Waals surface area (Å²) < 4.78 is 27.9. The second-order valence-electron chi connectivity index (χ2n) is 4.22. The van der Waals surface area contributed by atoms with Gasteiger partial charge >= 0.3 is 0 Å². The number of hydrogen-bond donors (Lipinski definition) is 0. The molecule has 0 aromatic heterocycles. The normalized spacial score (nSPS) is 16.1. The molecule has 1 amide bonds. The quantitative estimate of drug-likeness (QED) is 0.803. The summed E-state index contributed by atoms with van der Waals surface area (Å²) in [5.74, 6) is -0.139. The van der Waals surface area contributed by atoms with E-state index in [1.165, 1.54) is 22.2 Å². The van der Waals surface area contributed by atoms with E-state index in [1.54, 1.807) is 26.2 Å². The topological polar surface area (TPSA) is 70.1 Å². The number of rotatable bonds is 2. The van der Waals surface area contributed by atoms with Crippen LogP contribution in [0, 0.1) is 0 Å². The summed E-state index contributed by atoms with van der Waals surface area (Å²) in [4.78, 5) is 14.8. The van der Waals surface area contributed by atoms with Crippen molar-refractivity contribution in [1.82, 2.24) is 4.90 Å². The molecule has 1 aromatic rings. The maximum atomic E-state index is 11.8. The molecule has 0 saturated heterocycles. The first-order valence-corrected chi connectivity index (χ1v) is 7.61. The van der Waals surface area contributed by atoms with Crippen molar-refractivity contribution in [1.29, 1.82) is 0 Å². The molecule has 1 aliphatic rings. The van der Waals surface area contributed by atoms with E-state index in [0.29, 0.717) is 10.2 Å². The average Bonchev–Trinajstić information content (AvgIpc) is 2.33. The number of nitrogens with zero attached hydrogens (tertiary/aromatic N) is 3. The van der Waals surface area contributed by atoms with Crippen LogP contribution in [0.3, 0.4) is 0 Å². The fraction of sp³-hybridized carbons (Fsp3) is 0.273. The zero-order valence-corrected chi connectivity index (χ0v) is 12.8. The summed E-state index contributed by atoms with van der Waals surface area (Å²) in [5.41, 5.74) is 0.452. The highest BCUT2D eigenvalue weighted by atomic mass is 79.9. The van der Waals surface area contributed by atoms with Gasteiger partial charge in [-0.2, -0.15) is 8.42 Å². The molecule has 2 rings (SSSR count). The maximum absolute atomic E-state index is 11.8.